The molecule has 1 aromatic carbocycles. The second-order valence-corrected chi connectivity index (χ2v) is 5.98. The maximum Gasteiger partial charge on any atom is 0.226 e. The first-order chi connectivity index (χ1) is 11.5. The van der Waals surface area contributed by atoms with Gasteiger partial charge in [0.2, 0.25) is 11.8 Å². The second kappa shape index (κ2) is 8.52. The lowest BCUT2D eigenvalue weighted by Crippen LogP contribution is -2.31. The molecule has 0 saturated carbocycles. The predicted molar refractivity (Wildman–Crippen MR) is 94.1 cm³/mol. The number of hydrogen-bond donors (Lipinski definition) is 1. The van der Waals surface area contributed by atoms with Gasteiger partial charge in [-0.2, -0.15) is 0 Å². The van der Waals surface area contributed by atoms with E-state index in [0.717, 1.165) is 42.0 Å². The van der Waals surface area contributed by atoms with Crippen molar-refractivity contribution in [3.8, 4) is 17.2 Å². The number of amides is 1. The zero-order valence-electron chi connectivity index (χ0n) is 14.9. The van der Waals surface area contributed by atoms with E-state index in [-0.39, 0.29) is 11.9 Å². The zero-order valence-corrected chi connectivity index (χ0v) is 14.9. The van der Waals surface area contributed by atoms with Gasteiger partial charge in [0.1, 0.15) is 11.5 Å². The number of hydrogen-bond acceptors (Lipinski definition) is 4. The molecule has 0 saturated heterocycles. The third-order valence-electron chi connectivity index (χ3n) is 4.07. The van der Waals surface area contributed by atoms with Crippen LogP contribution in [0.2, 0.25) is 0 Å². The van der Waals surface area contributed by atoms with Crippen molar-refractivity contribution in [3.05, 3.63) is 35.7 Å². The van der Waals surface area contributed by atoms with Gasteiger partial charge in [-0.1, -0.05) is 6.92 Å². The number of rotatable bonds is 8. The first kappa shape index (κ1) is 18.0. The lowest BCUT2D eigenvalue weighted by atomic mass is 10.1. The number of carbonyl (C=O) groups excluding carboxylic acids is 1. The minimum atomic E-state index is 0.0980. The van der Waals surface area contributed by atoms with Gasteiger partial charge in [-0.25, -0.2) is 4.98 Å². The first-order valence-electron chi connectivity index (χ1n) is 8.43. The predicted octanol–water partition coefficient (Wildman–Crippen LogP) is 3.90. The van der Waals surface area contributed by atoms with E-state index in [1.54, 1.807) is 7.11 Å². The zero-order chi connectivity index (χ0) is 17.5. The van der Waals surface area contributed by atoms with E-state index in [1.807, 2.05) is 38.1 Å². The summed E-state index contributed by atoms with van der Waals surface area (Å²) >= 11 is 0. The van der Waals surface area contributed by atoms with Crippen molar-refractivity contribution in [3.63, 3.8) is 0 Å². The molecule has 1 atom stereocenters. The number of aryl methyl sites for hydroxylation is 2. The van der Waals surface area contributed by atoms with Gasteiger partial charge < -0.3 is 14.5 Å². The highest BCUT2D eigenvalue weighted by Gasteiger charge is 2.12. The number of nitrogens with one attached hydrogen (secondary N) is 1. The highest BCUT2D eigenvalue weighted by atomic mass is 16.5. The minimum Gasteiger partial charge on any atom is -0.497 e. The van der Waals surface area contributed by atoms with E-state index in [9.17, 15) is 4.79 Å². The minimum absolute atomic E-state index is 0.0980. The average molecular weight is 330 g/mol. The standard InChI is InChI=1S/C19H26N2O3/c1-5-13(2)20-18(22)8-6-7-17-14(3)24-19(21-17)15-9-11-16(23-4)12-10-15/h9-13H,5-8H2,1-4H3,(H,20,22). The number of ether oxygens (including phenoxy) is 1. The summed E-state index contributed by atoms with van der Waals surface area (Å²) in [4.78, 5) is 16.4. The second-order valence-electron chi connectivity index (χ2n) is 5.98. The summed E-state index contributed by atoms with van der Waals surface area (Å²) in [6.45, 7) is 5.99. The highest BCUT2D eigenvalue weighted by Crippen LogP contribution is 2.24. The molecule has 2 rings (SSSR count). The van der Waals surface area contributed by atoms with Crippen LogP contribution in [-0.2, 0) is 11.2 Å². The van der Waals surface area contributed by atoms with Gasteiger partial charge in [0, 0.05) is 18.0 Å². The van der Waals surface area contributed by atoms with E-state index in [2.05, 4.69) is 17.2 Å². The van der Waals surface area contributed by atoms with Gasteiger partial charge in [-0.05, 0) is 57.4 Å². The Morgan fingerprint density at radius 2 is 2.04 bits per heavy atom. The van der Waals surface area contributed by atoms with Crippen molar-refractivity contribution in [2.45, 2.75) is 52.5 Å². The molecule has 0 aliphatic rings. The summed E-state index contributed by atoms with van der Waals surface area (Å²) in [5, 5.41) is 2.98. The maximum atomic E-state index is 11.8. The molecule has 0 aliphatic carbocycles. The quantitative estimate of drug-likeness (QED) is 0.797. The molecule has 1 heterocycles. The van der Waals surface area contributed by atoms with Gasteiger partial charge >= 0.3 is 0 Å². The summed E-state index contributed by atoms with van der Waals surface area (Å²) in [5.41, 5.74) is 1.83. The van der Waals surface area contributed by atoms with Crippen LogP contribution in [0.15, 0.2) is 28.7 Å². The van der Waals surface area contributed by atoms with Crippen molar-refractivity contribution in [2.75, 3.05) is 7.11 Å². The monoisotopic (exact) mass is 330 g/mol. The summed E-state index contributed by atoms with van der Waals surface area (Å²) in [6.07, 6.45) is 2.95. The van der Waals surface area contributed by atoms with Gasteiger partial charge in [-0.15, -0.1) is 0 Å². The topological polar surface area (TPSA) is 64.4 Å². The molecule has 130 valence electrons. The average Bonchev–Trinajstić information content (AvgIpc) is 2.95. The molecule has 5 heteroatoms. The molecule has 0 radical (unpaired) electrons. The highest BCUT2D eigenvalue weighted by molar-refractivity contribution is 5.76. The molecule has 2 aromatic rings. The summed E-state index contributed by atoms with van der Waals surface area (Å²) in [7, 11) is 1.64. The Balaban J connectivity index is 1.92. The molecule has 5 nitrogen and oxygen atoms in total. The summed E-state index contributed by atoms with van der Waals surface area (Å²) < 4.78 is 10.9. The van der Waals surface area contributed by atoms with Gasteiger partial charge in [0.15, 0.2) is 0 Å². The summed E-state index contributed by atoms with van der Waals surface area (Å²) in [5.74, 6) is 2.31. The van der Waals surface area contributed by atoms with Crippen LogP contribution < -0.4 is 10.1 Å². The smallest absolute Gasteiger partial charge is 0.226 e. The molecule has 0 bridgehead atoms. The lowest BCUT2D eigenvalue weighted by molar-refractivity contribution is -0.121. The molecule has 1 aromatic heterocycles. The van der Waals surface area contributed by atoms with Gasteiger partial charge in [-0.3, -0.25) is 4.79 Å². The molecule has 1 unspecified atom stereocenters. The van der Waals surface area contributed by atoms with Crippen molar-refractivity contribution in [1.82, 2.24) is 10.3 Å². The van der Waals surface area contributed by atoms with Crippen molar-refractivity contribution >= 4 is 5.91 Å². The molecule has 0 aliphatic heterocycles. The number of nitrogens with zero attached hydrogens (tertiary/aromatic N) is 1. The number of aromatic nitrogens is 1. The maximum absolute atomic E-state index is 11.8. The molecule has 0 spiro atoms. The number of benzene rings is 1. The SMILES string of the molecule is CCC(C)NC(=O)CCCc1nc(-c2ccc(OC)cc2)oc1C. The van der Waals surface area contributed by atoms with Crippen LogP contribution in [0.25, 0.3) is 11.5 Å². The number of carbonyl (C=O) groups is 1. The van der Waals surface area contributed by atoms with E-state index >= 15 is 0 Å². The van der Waals surface area contributed by atoms with Crippen molar-refractivity contribution in [1.29, 1.82) is 0 Å². The number of methoxy groups -OCH3 is 1. The Labute approximate surface area is 143 Å². The number of oxazole rings is 1. The fraction of sp³-hybridized carbons (Fsp3) is 0.474. The van der Waals surface area contributed by atoms with Crippen LogP contribution in [0.4, 0.5) is 0 Å². The van der Waals surface area contributed by atoms with E-state index in [4.69, 9.17) is 9.15 Å². The molecule has 0 fully saturated rings. The Morgan fingerprint density at radius 3 is 2.67 bits per heavy atom. The van der Waals surface area contributed by atoms with E-state index in [1.165, 1.54) is 0 Å². The molecule has 1 N–H and O–H groups in total. The first-order valence-corrected chi connectivity index (χ1v) is 8.43. The molecular formula is C19H26N2O3. The largest absolute Gasteiger partial charge is 0.497 e. The normalized spacial score (nSPS) is 12.0. The molecule has 24 heavy (non-hydrogen) atoms. The molecule has 1 amide bonds. The lowest BCUT2D eigenvalue weighted by Gasteiger charge is -2.10. The van der Waals surface area contributed by atoms with Crippen LogP contribution in [0, 0.1) is 6.92 Å². The van der Waals surface area contributed by atoms with Gasteiger partial charge in [0.25, 0.3) is 0 Å². The van der Waals surface area contributed by atoms with Crippen molar-refractivity contribution in [2.24, 2.45) is 0 Å². The Kier molecular flexibility index (Phi) is 6.41. The Bertz CT molecular complexity index is 662. The Morgan fingerprint density at radius 1 is 1.33 bits per heavy atom. The molecular weight excluding hydrogens is 304 g/mol. The van der Waals surface area contributed by atoms with Crippen LogP contribution in [-0.4, -0.2) is 24.0 Å². The third-order valence-corrected chi connectivity index (χ3v) is 4.07. The van der Waals surface area contributed by atoms with Crippen molar-refractivity contribution < 1.29 is 13.9 Å². The third kappa shape index (κ3) is 4.85. The fourth-order valence-electron chi connectivity index (χ4n) is 2.38. The summed E-state index contributed by atoms with van der Waals surface area (Å²) in [6, 6.07) is 7.84. The Hall–Kier alpha value is -2.30. The van der Waals surface area contributed by atoms with Crippen LogP contribution >= 0.6 is 0 Å². The fourth-order valence-corrected chi connectivity index (χ4v) is 2.38. The van der Waals surface area contributed by atoms with E-state index in [0.29, 0.717) is 12.3 Å². The van der Waals surface area contributed by atoms with Gasteiger partial charge in [0.05, 0.1) is 12.8 Å². The van der Waals surface area contributed by atoms with Crippen LogP contribution in [0.1, 0.15) is 44.6 Å². The van der Waals surface area contributed by atoms with Crippen LogP contribution in [0.5, 0.6) is 5.75 Å². The van der Waals surface area contributed by atoms with E-state index < -0.39 is 0 Å². The van der Waals surface area contributed by atoms with Crippen LogP contribution in [0.3, 0.4) is 0 Å².